The first-order valence-electron chi connectivity index (χ1n) is 14.4. The third-order valence-electron chi connectivity index (χ3n) is 13.8. The highest BCUT2D eigenvalue weighted by Crippen LogP contribution is 2.89. The number of hydrogen-bond donors (Lipinski definition) is 2. The number of rotatable bonds is 6. The molecule has 0 amide bonds. The van der Waals surface area contributed by atoms with Crippen LogP contribution in [-0.4, -0.2) is 22.9 Å². The van der Waals surface area contributed by atoms with Gasteiger partial charge in [0.1, 0.15) is 0 Å². The number of hydrogen-bond acceptors (Lipinski definition) is 2. The zero-order valence-electron chi connectivity index (χ0n) is 22.6. The van der Waals surface area contributed by atoms with Crippen molar-refractivity contribution in [1.29, 1.82) is 0 Å². The first-order chi connectivity index (χ1) is 15.4. The molecule has 0 aromatic heterocycles. The molecular formula is C31H52O2. The van der Waals surface area contributed by atoms with Crippen LogP contribution in [-0.2, 0) is 0 Å². The summed E-state index contributed by atoms with van der Waals surface area (Å²) in [6.07, 6.45) is 14.6. The van der Waals surface area contributed by atoms with Crippen LogP contribution >= 0.6 is 0 Å². The lowest BCUT2D eigenvalue weighted by atomic mass is 9.41. The Labute approximate surface area is 204 Å². The van der Waals surface area contributed by atoms with Gasteiger partial charge in [-0.3, -0.25) is 0 Å². The number of fused-ring (bicyclic) bond motifs is 2. The first kappa shape index (κ1) is 24.4. The molecule has 2 N–H and O–H groups in total. The topological polar surface area (TPSA) is 40.5 Å². The van der Waals surface area contributed by atoms with E-state index in [1.807, 2.05) is 0 Å². The Balaban J connectivity index is 1.36. The molecule has 0 aliphatic heterocycles. The van der Waals surface area contributed by atoms with Crippen LogP contribution in [0.4, 0.5) is 0 Å². The van der Waals surface area contributed by atoms with Gasteiger partial charge in [0.25, 0.3) is 0 Å². The first-order valence-corrected chi connectivity index (χ1v) is 14.4. The van der Waals surface area contributed by atoms with Gasteiger partial charge in [-0.15, -0.1) is 0 Å². The van der Waals surface area contributed by atoms with Gasteiger partial charge in [-0.1, -0.05) is 48.1 Å². The van der Waals surface area contributed by atoms with Crippen LogP contribution in [0.25, 0.3) is 0 Å². The number of aliphatic hydroxyl groups excluding tert-OH is 2. The van der Waals surface area contributed by atoms with Gasteiger partial charge in [0.15, 0.2) is 0 Å². The molecule has 5 rings (SSSR count). The maximum atomic E-state index is 10.9. The summed E-state index contributed by atoms with van der Waals surface area (Å²) in [7, 11) is 0. The van der Waals surface area contributed by atoms with Crippen molar-refractivity contribution in [3.05, 3.63) is 12.2 Å². The second-order valence-corrected chi connectivity index (χ2v) is 14.8. The van der Waals surface area contributed by atoms with E-state index in [1.165, 1.54) is 64.2 Å². The standard InChI is InChI=1S/C31H52O2/c1-20(22(3)18-32)8-9-21(2)23-12-14-29(7)25-11-10-24-27(4,5)26(33)13-15-30(24)19-31(25,30)17-16-28(23,29)6/h20-21,23-26,32-33H,3,8-19H2,1-2,4-7H3/t20?,21-,23-,24+,25+,26+,28-,29+,30-,31+/m1/s1. The van der Waals surface area contributed by atoms with Gasteiger partial charge in [0.2, 0.25) is 0 Å². The predicted molar refractivity (Wildman–Crippen MR) is 137 cm³/mol. The van der Waals surface area contributed by atoms with Crippen molar-refractivity contribution < 1.29 is 10.2 Å². The van der Waals surface area contributed by atoms with Gasteiger partial charge in [-0.2, -0.15) is 0 Å². The molecule has 5 aliphatic carbocycles. The third kappa shape index (κ3) is 2.98. The molecule has 5 aliphatic rings. The highest BCUT2D eigenvalue weighted by atomic mass is 16.3. The third-order valence-corrected chi connectivity index (χ3v) is 13.8. The van der Waals surface area contributed by atoms with E-state index < -0.39 is 0 Å². The lowest BCUT2D eigenvalue weighted by Crippen LogP contribution is -2.57. The van der Waals surface area contributed by atoms with E-state index in [9.17, 15) is 10.2 Å². The van der Waals surface area contributed by atoms with E-state index in [2.05, 4.69) is 48.1 Å². The molecule has 33 heavy (non-hydrogen) atoms. The average molecular weight is 457 g/mol. The summed E-state index contributed by atoms with van der Waals surface area (Å²) < 4.78 is 0. The van der Waals surface area contributed by atoms with Gasteiger partial charge >= 0.3 is 0 Å². The minimum absolute atomic E-state index is 0.0936. The van der Waals surface area contributed by atoms with E-state index in [1.54, 1.807) is 0 Å². The fraction of sp³-hybridized carbons (Fsp3) is 0.935. The highest BCUT2D eigenvalue weighted by Gasteiger charge is 2.82. The molecule has 5 fully saturated rings. The van der Waals surface area contributed by atoms with Crippen molar-refractivity contribution in [3.63, 3.8) is 0 Å². The Morgan fingerprint density at radius 1 is 0.848 bits per heavy atom. The average Bonchev–Trinajstić information content (AvgIpc) is 3.36. The summed E-state index contributed by atoms with van der Waals surface area (Å²) in [5.74, 6) is 3.66. The molecule has 1 unspecified atom stereocenters. The highest BCUT2D eigenvalue weighted by molar-refractivity contribution is 5.30. The molecule has 0 saturated heterocycles. The second-order valence-electron chi connectivity index (χ2n) is 14.8. The quantitative estimate of drug-likeness (QED) is 0.409. The monoisotopic (exact) mass is 456 g/mol. The Bertz CT molecular complexity index is 801. The molecular weight excluding hydrogens is 404 g/mol. The summed E-state index contributed by atoms with van der Waals surface area (Å²) in [5, 5.41) is 20.3. The largest absolute Gasteiger partial charge is 0.393 e. The molecule has 2 heteroatoms. The summed E-state index contributed by atoms with van der Waals surface area (Å²) >= 11 is 0. The van der Waals surface area contributed by atoms with Crippen molar-refractivity contribution in [2.45, 2.75) is 118 Å². The van der Waals surface area contributed by atoms with Crippen LogP contribution in [0.15, 0.2) is 12.2 Å². The Morgan fingerprint density at radius 3 is 2.21 bits per heavy atom. The van der Waals surface area contributed by atoms with E-state index in [4.69, 9.17) is 0 Å². The Kier molecular flexibility index (Phi) is 5.60. The molecule has 0 heterocycles. The summed E-state index contributed by atoms with van der Waals surface area (Å²) in [6.45, 7) is 19.2. The van der Waals surface area contributed by atoms with E-state index >= 15 is 0 Å². The van der Waals surface area contributed by atoms with Crippen LogP contribution in [0.2, 0.25) is 0 Å². The molecule has 10 atom stereocenters. The van der Waals surface area contributed by atoms with Gasteiger partial charge in [0, 0.05) is 0 Å². The maximum absolute atomic E-state index is 10.9. The fourth-order valence-corrected chi connectivity index (χ4v) is 11.4. The lowest BCUT2D eigenvalue weighted by molar-refractivity contribution is -0.161. The summed E-state index contributed by atoms with van der Waals surface area (Å²) in [5.41, 5.74) is 3.19. The smallest absolute Gasteiger partial charge is 0.0641 e. The van der Waals surface area contributed by atoms with Crippen molar-refractivity contribution in [2.24, 2.45) is 56.7 Å². The SMILES string of the molecule is C=C(CO)C(C)CC[C@@H](C)[C@H]1CC[C@@]2(C)[C@@H]3CC[C@H]4C(C)(C)[C@@H](O)CC[C@@]45C[C@@]35CC[C@]12C. The van der Waals surface area contributed by atoms with Crippen LogP contribution < -0.4 is 0 Å². The van der Waals surface area contributed by atoms with Gasteiger partial charge < -0.3 is 10.2 Å². The van der Waals surface area contributed by atoms with E-state index in [-0.39, 0.29) is 18.1 Å². The maximum Gasteiger partial charge on any atom is 0.0641 e. The zero-order chi connectivity index (χ0) is 24.0. The molecule has 2 nitrogen and oxygen atoms in total. The minimum atomic E-state index is -0.104. The fourth-order valence-electron chi connectivity index (χ4n) is 11.4. The zero-order valence-corrected chi connectivity index (χ0v) is 22.6. The van der Waals surface area contributed by atoms with Crippen molar-refractivity contribution in [1.82, 2.24) is 0 Å². The van der Waals surface area contributed by atoms with Crippen molar-refractivity contribution >= 4 is 0 Å². The van der Waals surface area contributed by atoms with Gasteiger partial charge in [0.05, 0.1) is 12.7 Å². The summed E-state index contributed by atoms with van der Waals surface area (Å²) in [6, 6.07) is 0. The normalized spacial score (nSPS) is 51.5. The van der Waals surface area contributed by atoms with Crippen LogP contribution in [0.3, 0.4) is 0 Å². The van der Waals surface area contributed by atoms with Gasteiger partial charge in [-0.25, -0.2) is 0 Å². The molecule has 0 bridgehead atoms. The Morgan fingerprint density at radius 2 is 1.52 bits per heavy atom. The molecule has 2 spiro atoms. The van der Waals surface area contributed by atoms with Gasteiger partial charge in [-0.05, 0) is 133 Å². The molecule has 0 radical (unpaired) electrons. The minimum Gasteiger partial charge on any atom is -0.393 e. The van der Waals surface area contributed by atoms with Crippen molar-refractivity contribution in [3.8, 4) is 0 Å². The van der Waals surface area contributed by atoms with E-state index in [0.29, 0.717) is 27.6 Å². The lowest BCUT2D eigenvalue weighted by Gasteiger charge is -2.63. The molecule has 5 saturated carbocycles. The van der Waals surface area contributed by atoms with Crippen LogP contribution in [0.1, 0.15) is 112 Å². The van der Waals surface area contributed by atoms with E-state index in [0.717, 1.165) is 35.7 Å². The summed E-state index contributed by atoms with van der Waals surface area (Å²) in [4.78, 5) is 0. The predicted octanol–water partition coefficient (Wildman–Crippen LogP) is 7.39. The Hall–Kier alpha value is -0.340. The molecule has 188 valence electrons. The van der Waals surface area contributed by atoms with Crippen molar-refractivity contribution in [2.75, 3.05) is 6.61 Å². The second kappa shape index (κ2) is 7.58. The molecule has 0 aromatic rings. The molecule has 0 aromatic carbocycles. The van der Waals surface area contributed by atoms with Crippen LogP contribution in [0.5, 0.6) is 0 Å². The van der Waals surface area contributed by atoms with Crippen LogP contribution in [0, 0.1) is 56.7 Å². The number of aliphatic hydroxyl groups is 2.